The van der Waals surface area contributed by atoms with Crippen LogP contribution in [0.15, 0.2) is 121 Å². The van der Waals surface area contributed by atoms with Gasteiger partial charge in [0.15, 0.2) is 0 Å². The first-order valence-corrected chi connectivity index (χ1v) is 18.9. The van der Waals surface area contributed by atoms with Crippen molar-refractivity contribution in [2.24, 2.45) is 0 Å². The van der Waals surface area contributed by atoms with Crippen molar-refractivity contribution < 1.29 is 19.1 Å². The van der Waals surface area contributed by atoms with Crippen LogP contribution in [-0.2, 0) is 26.9 Å². The minimum Gasteiger partial charge on any atom is -0.459 e. The fourth-order valence-corrected chi connectivity index (χ4v) is 10.9. The average molecular weight is 667 g/mol. The summed E-state index contributed by atoms with van der Waals surface area (Å²) in [5, 5.41) is 17.6. The molecule has 0 heterocycles. The predicted molar refractivity (Wildman–Crippen MR) is 199 cm³/mol. The molecule has 48 heavy (non-hydrogen) atoms. The van der Waals surface area contributed by atoms with Gasteiger partial charge < -0.3 is 19.6 Å². The van der Waals surface area contributed by atoms with Crippen LogP contribution in [0.5, 0.6) is 0 Å². The molecular weight excluding hydrogens is 613 g/mol. The molecule has 3 atom stereocenters. The van der Waals surface area contributed by atoms with E-state index in [9.17, 15) is 9.90 Å². The molecule has 0 fully saturated rings. The Hall–Kier alpha value is -3.59. The molecule has 256 valence electrons. The van der Waals surface area contributed by atoms with E-state index in [0.717, 1.165) is 11.1 Å². The normalized spacial score (nSPS) is 14.4. The predicted octanol–water partition coefficient (Wildman–Crippen LogP) is 5.97. The molecule has 4 aromatic carbocycles. The first-order chi connectivity index (χ1) is 22.8. The van der Waals surface area contributed by atoms with E-state index in [-0.39, 0.29) is 23.6 Å². The molecule has 0 saturated heterocycles. The Labute approximate surface area is 289 Å². The maximum absolute atomic E-state index is 13.4. The summed E-state index contributed by atoms with van der Waals surface area (Å²) < 4.78 is 13.1. The molecule has 0 aliphatic carbocycles. The Balaban J connectivity index is 1.66. The molecule has 0 unspecified atom stereocenters. The highest BCUT2D eigenvalue weighted by atomic mass is 28.4. The number of ether oxygens (including phenoxy) is 1. The van der Waals surface area contributed by atoms with Gasteiger partial charge in [-0.1, -0.05) is 142 Å². The van der Waals surface area contributed by atoms with Crippen LogP contribution in [0.2, 0.25) is 5.04 Å². The fourth-order valence-electron chi connectivity index (χ4n) is 6.35. The zero-order valence-electron chi connectivity index (χ0n) is 29.7. The summed E-state index contributed by atoms with van der Waals surface area (Å²) in [6, 6.07) is 40.3. The monoisotopic (exact) mass is 666 g/mol. The molecule has 2 N–H and O–H groups in total. The van der Waals surface area contributed by atoms with Crippen molar-refractivity contribution in [1.29, 1.82) is 0 Å². The number of benzene rings is 4. The molecule has 0 bridgehead atoms. The number of nitrogens with zero attached hydrogens (tertiary/aromatic N) is 1. The standard InChI is InChI=1S/C41H54N2O4Si/c1-40(2,3)47-39(45)36(28-32-20-12-8-13-21-32)42-29-38(44)37(43(7)30-33-22-14-9-15-23-33)31-46-48(41(4,5)6,34-24-16-10-17-25-34)35-26-18-11-19-27-35/h8-27,36-38,42,44H,28-31H2,1-7H3/t36-,37+,38+/m0/s1. The molecule has 0 amide bonds. The van der Waals surface area contributed by atoms with E-state index in [1.54, 1.807) is 0 Å². The summed E-state index contributed by atoms with van der Waals surface area (Å²) in [5.74, 6) is -0.337. The number of carbonyl (C=O) groups excluding carboxylic acids is 1. The first-order valence-electron chi connectivity index (χ1n) is 17.0. The third-order valence-corrected chi connectivity index (χ3v) is 13.7. The second-order valence-corrected chi connectivity index (χ2v) is 19.0. The van der Waals surface area contributed by atoms with Gasteiger partial charge in [0.2, 0.25) is 0 Å². The van der Waals surface area contributed by atoms with Gasteiger partial charge in [0.05, 0.1) is 18.8 Å². The van der Waals surface area contributed by atoms with Crippen molar-refractivity contribution >= 4 is 24.7 Å². The lowest BCUT2D eigenvalue weighted by Crippen LogP contribution is -2.68. The fraction of sp³-hybridized carbons (Fsp3) is 0.390. The highest BCUT2D eigenvalue weighted by Gasteiger charge is 2.50. The van der Waals surface area contributed by atoms with Crippen molar-refractivity contribution in [3.63, 3.8) is 0 Å². The van der Waals surface area contributed by atoms with Crippen molar-refractivity contribution in [1.82, 2.24) is 10.2 Å². The van der Waals surface area contributed by atoms with Crippen LogP contribution in [0, 0.1) is 0 Å². The van der Waals surface area contributed by atoms with E-state index in [0.29, 0.717) is 19.6 Å². The molecule has 6 nitrogen and oxygen atoms in total. The summed E-state index contributed by atoms with van der Waals surface area (Å²) in [6.45, 7) is 13.5. The maximum Gasteiger partial charge on any atom is 0.323 e. The number of esters is 1. The molecular formula is C41H54N2O4Si. The molecule has 7 heteroatoms. The van der Waals surface area contributed by atoms with Crippen molar-refractivity contribution in [3.8, 4) is 0 Å². The minimum atomic E-state index is -2.87. The summed E-state index contributed by atoms with van der Waals surface area (Å²) in [6.07, 6.45) is -0.399. The number of hydrogen-bond donors (Lipinski definition) is 2. The van der Waals surface area contributed by atoms with Crippen molar-refractivity contribution in [2.75, 3.05) is 20.2 Å². The molecule has 0 saturated carbocycles. The second kappa shape index (κ2) is 16.7. The van der Waals surface area contributed by atoms with Crippen LogP contribution in [0.4, 0.5) is 0 Å². The summed E-state index contributed by atoms with van der Waals surface area (Å²) in [5.41, 5.74) is 1.53. The highest BCUT2D eigenvalue weighted by Crippen LogP contribution is 2.37. The largest absolute Gasteiger partial charge is 0.459 e. The number of nitrogens with one attached hydrogen (secondary N) is 1. The molecule has 0 spiro atoms. The maximum atomic E-state index is 13.4. The van der Waals surface area contributed by atoms with Gasteiger partial charge in [-0.2, -0.15) is 0 Å². The van der Waals surface area contributed by atoms with Gasteiger partial charge in [-0.05, 0) is 60.8 Å². The quantitative estimate of drug-likeness (QED) is 0.121. The Morgan fingerprint density at radius 2 is 1.21 bits per heavy atom. The van der Waals surface area contributed by atoms with Crippen LogP contribution in [0.3, 0.4) is 0 Å². The number of aliphatic hydroxyl groups is 1. The van der Waals surface area contributed by atoms with Crippen LogP contribution in [-0.4, -0.2) is 68.3 Å². The van der Waals surface area contributed by atoms with Crippen molar-refractivity contribution in [2.45, 2.75) is 83.3 Å². The van der Waals surface area contributed by atoms with Gasteiger partial charge in [0.25, 0.3) is 8.32 Å². The number of likely N-dealkylation sites (N-methyl/N-ethyl adjacent to an activating group) is 1. The summed E-state index contributed by atoms with van der Waals surface area (Å²) >= 11 is 0. The lowest BCUT2D eigenvalue weighted by atomic mass is 10.0. The van der Waals surface area contributed by atoms with Gasteiger partial charge in [-0.15, -0.1) is 0 Å². The van der Waals surface area contributed by atoms with Crippen LogP contribution in [0.1, 0.15) is 52.7 Å². The van der Waals surface area contributed by atoms with Gasteiger partial charge in [-0.25, -0.2) is 0 Å². The third-order valence-electron chi connectivity index (χ3n) is 8.72. The molecule has 4 rings (SSSR count). The first kappa shape index (κ1) is 37.2. The van der Waals surface area contributed by atoms with Gasteiger partial charge >= 0.3 is 5.97 Å². The van der Waals surface area contributed by atoms with E-state index >= 15 is 0 Å². The smallest absolute Gasteiger partial charge is 0.323 e. The van der Waals surface area contributed by atoms with Gasteiger partial charge in [0, 0.05) is 13.1 Å². The second-order valence-electron chi connectivity index (χ2n) is 14.7. The number of rotatable bonds is 15. The SMILES string of the molecule is CN(Cc1ccccc1)[C@H](CO[Si](c1ccccc1)(c1ccccc1)C(C)(C)C)[C@H](O)CN[C@@H](Cc1ccccc1)C(=O)OC(C)(C)C. The van der Waals surface area contributed by atoms with E-state index in [1.165, 1.54) is 10.4 Å². The average Bonchev–Trinajstić information content (AvgIpc) is 3.05. The van der Waals surface area contributed by atoms with Crippen molar-refractivity contribution in [3.05, 3.63) is 132 Å². The number of carbonyl (C=O) groups is 1. The number of aliphatic hydroxyl groups excluding tert-OH is 1. The van der Waals surface area contributed by atoms with Crippen LogP contribution >= 0.6 is 0 Å². The van der Waals surface area contributed by atoms with E-state index < -0.39 is 26.1 Å². The summed E-state index contributed by atoms with van der Waals surface area (Å²) in [4.78, 5) is 15.6. The minimum absolute atomic E-state index is 0.185. The van der Waals surface area contributed by atoms with Crippen LogP contribution < -0.4 is 15.7 Å². The van der Waals surface area contributed by atoms with Gasteiger partial charge in [0.1, 0.15) is 11.6 Å². The lowest BCUT2D eigenvalue weighted by Gasteiger charge is -2.45. The zero-order chi connectivity index (χ0) is 34.8. The van der Waals surface area contributed by atoms with E-state index in [4.69, 9.17) is 9.16 Å². The third kappa shape index (κ3) is 9.97. The molecule has 0 aliphatic heterocycles. The van der Waals surface area contributed by atoms with E-state index in [2.05, 4.69) is 91.7 Å². The Morgan fingerprint density at radius 1 is 0.750 bits per heavy atom. The van der Waals surface area contributed by atoms with Gasteiger partial charge in [-0.3, -0.25) is 9.69 Å². The Kier molecular flexibility index (Phi) is 12.9. The van der Waals surface area contributed by atoms with E-state index in [1.807, 2.05) is 88.5 Å². The Bertz CT molecular complexity index is 1480. The lowest BCUT2D eigenvalue weighted by molar-refractivity contribution is -0.157. The molecule has 0 aromatic heterocycles. The highest BCUT2D eigenvalue weighted by molar-refractivity contribution is 6.99. The molecule has 4 aromatic rings. The topological polar surface area (TPSA) is 71.0 Å². The number of hydrogen-bond acceptors (Lipinski definition) is 6. The Morgan fingerprint density at radius 3 is 1.67 bits per heavy atom. The zero-order valence-corrected chi connectivity index (χ0v) is 30.7. The summed E-state index contributed by atoms with van der Waals surface area (Å²) in [7, 11) is -0.836. The molecule has 0 radical (unpaired) electrons. The molecule has 0 aliphatic rings. The van der Waals surface area contributed by atoms with Crippen LogP contribution in [0.25, 0.3) is 0 Å².